The van der Waals surface area contributed by atoms with Crippen molar-refractivity contribution in [1.82, 2.24) is 5.32 Å². The Morgan fingerprint density at radius 2 is 2.15 bits per heavy atom. The number of nitrogens with zero attached hydrogens (tertiary/aromatic N) is 1. The van der Waals surface area contributed by atoms with E-state index in [-0.39, 0.29) is 23.8 Å². The van der Waals surface area contributed by atoms with E-state index < -0.39 is 0 Å². The van der Waals surface area contributed by atoms with Gasteiger partial charge in [-0.1, -0.05) is 19.3 Å². The van der Waals surface area contributed by atoms with Gasteiger partial charge in [-0.3, -0.25) is 10.1 Å². The van der Waals surface area contributed by atoms with Crippen molar-refractivity contribution in [2.24, 2.45) is 4.99 Å². The van der Waals surface area contributed by atoms with Gasteiger partial charge in [-0.25, -0.2) is 4.99 Å². The number of carbonyl (C=O) groups is 1. The number of amidine groups is 1. The van der Waals surface area contributed by atoms with E-state index >= 15 is 0 Å². The Morgan fingerprint density at radius 3 is 2.75 bits per heavy atom. The lowest BCUT2D eigenvalue weighted by molar-refractivity contribution is 0.0932. The van der Waals surface area contributed by atoms with E-state index in [0.717, 1.165) is 12.8 Å². The van der Waals surface area contributed by atoms with Crippen LogP contribution in [0.25, 0.3) is 0 Å². The maximum atomic E-state index is 12.0. The molecule has 0 radical (unpaired) electrons. The van der Waals surface area contributed by atoms with Gasteiger partial charge in [0, 0.05) is 0 Å². The summed E-state index contributed by atoms with van der Waals surface area (Å²) in [7, 11) is 0. The molecule has 0 atom stereocenters. The number of carbonyl (C=O) groups excluding carboxylic acids is 1. The zero-order chi connectivity index (χ0) is 14.4. The van der Waals surface area contributed by atoms with E-state index in [1.54, 1.807) is 12.1 Å². The topological polar surface area (TPSA) is 63.8 Å². The average molecular weight is 278 g/mol. The van der Waals surface area contributed by atoms with Crippen LogP contribution < -0.4 is 5.32 Å². The second-order valence-corrected chi connectivity index (χ2v) is 5.32. The highest BCUT2D eigenvalue weighted by molar-refractivity contribution is 6.02. The highest BCUT2D eigenvalue weighted by Crippen LogP contribution is 2.20. The fourth-order valence-electron chi connectivity index (χ4n) is 2.26. The molecule has 1 saturated carbocycles. The van der Waals surface area contributed by atoms with Crippen LogP contribution in [0.2, 0.25) is 0 Å². The average Bonchev–Trinajstić information content (AvgIpc) is 2.93. The van der Waals surface area contributed by atoms with Crippen molar-refractivity contribution in [2.45, 2.75) is 58.1 Å². The minimum absolute atomic E-state index is 0.0331. The normalized spacial score (nSPS) is 17.2. The Bertz CT molecular complexity index is 446. The summed E-state index contributed by atoms with van der Waals surface area (Å²) < 4.78 is 10.7. The molecule has 0 aliphatic heterocycles. The second kappa shape index (κ2) is 7.12. The Hall–Kier alpha value is -1.78. The molecule has 1 fully saturated rings. The van der Waals surface area contributed by atoms with Crippen molar-refractivity contribution >= 4 is 11.9 Å². The molecule has 1 heterocycles. The first-order chi connectivity index (χ1) is 9.65. The summed E-state index contributed by atoms with van der Waals surface area (Å²) in [5, 5.41) is 2.69. The number of aliphatic imine (C=N–C) groups is 1. The Kier molecular flexibility index (Phi) is 5.21. The van der Waals surface area contributed by atoms with Crippen molar-refractivity contribution in [2.75, 3.05) is 0 Å². The standard InChI is InChI=1S/C15H22N2O3/c1-11(2)20-15(16-12-7-4-3-5-8-12)17-14(18)13-9-6-10-19-13/h6,9-12H,3-5,7-8H2,1-2H3,(H,16,17,18). The lowest BCUT2D eigenvalue weighted by Gasteiger charge is -2.20. The predicted octanol–water partition coefficient (Wildman–Crippen LogP) is 3.12. The molecule has 0 spiro atoms. The molecule has 5 heteroatoms. The number of amides is 1. The van der Waals surface area contributed by atoms with Gasteiger partial charge in [0.2, 0.25) is 0 Å². The van der Waals surface area contributed by atoms with E-state index in [1.165, 1.54) is 25.5 Å². The molecule has 0 aromatic carbocycles. The van der Waals surface area contributed by atoms with Gasteiger partial charge in [-0.05, 0) is 38.8 Å². The van der Waals surface area contributed by atoms with Gasteiger partial charge >= 0.3 is 0 Å². The molecule has 5 nitrogen and oxygen atoms in total. The predicted molar refractivity (Wildman–Crippen MR) is 76.7 cm³/mol. The number of hydrogen-bond acceptors (Lipinski definition) is 4. The van der Waals surface area contributed by atoms with Crippen LogP contribution in [0.3, 0.4) is 0 Å². The van der Waals surface area contributed by atoms with Crippen LogP contribution in [0.1, 0.15) is 56.5 Å². The minimum atomic E-state index is -0.329. The quantitative estimate of drug-likeness (QED) is 0.682. The van der Waals surface area contributed by atoms with Gasteiger partial charge in [0.1, 0.15) is 0 Å². The SMILES string of the molecule is CC(C)OC(=NC1CCCCC1)NC(=O)c1ccco1. The van der Waals surface area contributed by atoms with Crippen LogP contribution >= 0.6 is 0 Å². The monoisotopic (exact) mass is 278 g/mol. The van der Waals surface area contributed by atoms with Crippen LogP contribution in [0.15, 0.2) is 27.8 Å². The van der Waals surface area contributed by atoms with E-state index in [9.17, 15) is 4.79 Å². The molecule has 0 saturated heterocycles. The van der Waals surface area contributed by atoms with Crippen molar-refractivity contribution < 1.29 is 13.9 Å². The highest BCUT2D eigenvalue weighted by atomic mass is 16.5. The first-order valence-electron chi connectivity index (χ1n) is 7.24. The van der Waals surface area contributed by atoms with Crippen LogP contribution in [-0.2, 0) is 4.74 Å². The third-order valence-corrected chi connectivity index (χ3v) is 3.19. The number of rotatable bonds is 3. The van der Waals surface area contributed by atoms with Crippen LogP contribution in [0, 0.1) is 0 Å². The minimum Gasteiger partial charge on any atom is -0.462 e. The smallest absolute Gasteiger partial charge is 0.294 e. The van der Waals surface area contributed by atoms with E-state index in [4.69, 9.17) is 9.15 Å². The zero-order valence-electron chi connectivity index (χ0n) is 12.1. The van der Waals surface area contributed by atoms with Crippen LogP contribution in [0.4, 0.5) is 0 Å². The Balaban J connectivity index is 2.02. The number of furan rings is 1. The van der Waals surface area contributed by atoms with Gasteiger partial charge in [0.25, 0.3) is 11.9 Å². The summed E-state index contributed by atoms with van der Waals surface area (Å²) >= 11 is 0. The molecule has 1 aromatic rings. The molecule has 1 N–H and O–H groups in total. The van der Waals surface area contributed by atoms with E-state index in [1.807, 2.05) is 13.8 Å². The van der Waals surface area contributed by atoms with Crippen LogP contribution in [0.5, 0.6) is 0 Å². The molecule has 1 aliphatic rings. The summed E-state index contributed by atoms with van der Waals surface area (Å²) in [5.74, 6) is -0.0705. The fourth-order valence-corrected chi connectivity index (χ4v) is 2.26. The summed E-state index contributed by atoms with van der Waals surface area (Å²) in [6.07, 6.45) is 7.20. The van der Waals surface area contributed by atoms with Crippen molar-refractivity contribution in [1.29, 1.82) is 0 Å². The first kappa shape index (κ1) is 14.6. The summed E-state index contributed by atoms with van der Waals surface area (Å²) in [6.45, 7) is 3.82. The molecule has 20 heavy (non-hydrogen) atoms. The summed E-state index contributed by atoms with van der Waals surface area (Å²) in [6, 6.07) is 3.83. The summed E-state index contributed by atoms with van der Waals surface area (Å²) in [4.78, 5) is 16.5. The number of ether oxygens (including phenoxy) is 1. The summed E-state index contributed by atoms with van der Waals surface area (Å²) in [5.41, 5.74) is 0. The lowest BCUT2D eigenvalue weighted by atomic mass is 9.96. The Morgan fingerprint density at radius 1 is 1.40 bits per heavy atom. The molecule has 0 unspecified atom stereocenters. The van der Waals surface area contributed by atoms with Crippen molar-refractivity contribution in [3.63, 3.8) is 0 Å². The largest absolute Gasteiger partial charge is 0.462 e. The van der Waals surface area contributed by atoms with Crippen molar-refractivity contribution in [3.05, 3.63) is 24.2 Å². The Labute approximate surface area is 119 Å². The maximum absolute atomic E-state index is 12.0. The van der Waals surface area contributed by atoms with Crippen molar-refractivity contribution in [3.8, 4) is 0 Å². The van der Waals surface area contributed by atoms with Gasteiger partial charge in [-0.2, -0.15) is 0 Å². The van der Waals surface area contributed by atoms with E-state index in [2.05, 4.69) is 10.3 Å². The van der Waals surface area contributed by atoms with Gasteiger partial charge in [0.05, 0.1) is 18.4 Å². The maximum Gasteiger partial charge on any atom is 0.294 e. The third-order valence-electron chi connectivity index (χ3n) is 3.19. The lowest BCUT2D eigenvalue weighted by Crippen LogP contribution is -2.35. The molecule has 2 rings (SSSR count). The second-order valence-electron chi connectivity index (χ2n) is 5.32. The molecular formula is C15H22N2O3. The van der Waals surface area contributed by atoms with E-state index in [0.29, 0.717) is 6.02 Å². The van der Waals surface area contributed by atoms with Gasteiger partial charge in [0.15, 0.2) is 5.76 Å². The fraction of sp³-hybridized carbons (Fsp3) is 0.600. The third kappa shape index (κ3) is 4.40. The first-order valence-corrected chi connectivity index (χ1v) is 7.24. The number of hydrogen-bond donors (Lipinski definition) is 1. The molecule has 1 amide bonds. The molecule has 1 aliphatic carbocycles. The van der Waals surface area contributed by atoms with Gasteiger partial charge < -0.3 is 9.15 Å². The molecule has 1 aromatic heterocycles. The molecule has 0 bridgehead atoms. The highest BCUT2D eigenvalue weighted by Gasteiger charge is 2.17. The van der Waals surface area contributed by atoms with Gasteiger partial charge in [-0.15, -0.1) is 0 Å². The molecular weight excluding hydrogens is 256 g/mol. The van der Waals surface area contributed by atoms with Crippen LogP contribution in [-0.4, -0.2) is 24.1 Å². The molecule has 110 valence electrons. The number of nitrogens with one attached hydrogen (secondary N) is 1. The zero-order valence-corrected chi connectivity index (χ0v) is 12.1.